The lowest BCUT2D eigenvalue weighted by Crippen LogP contribution is -2.22. The molecule has 0 aliphatic heterocycles. The van der Waals surface area contributed by atoms with Crippen molar-refractivity contribution in [3.63, 3.8) is 0 Å². The minimum atomic E-state index is -1.73. The zero-order chi connectivity index (χ0) is 9.97. The van der Waals surface area contributed by atoms with Crippen molar-refractivity contribution in [3.05, 3.63) is 29.8 Å². The number of hydrogen-bond donors (Lipinski definition) is 2. The molecule has 2 rings (SSSR count). The quantitative estimate of drug-likeness (QED) is 0.709. The molecule has 14 heavy (non-hydrogen) atoms. The van der Waals surface area contributed by atoms with E-state index in [-0.39, 0.29) is 0 Å². The highest BCUT2D eigenvalue weighted by atomic mass is 16.6. The summed E-state index contributed by atoms with van der Waals surface area (Å²) in [6.07, 6.45) is 3.59. The van der Waals surface area contributed by atoms with Gasteiger partial charge in [-0.15, -0.1) is 0 Å². The van der Waals surface area contributed by atoms with Crippen LogP contribution in [0.2, 0.25) is 0 Å². The van der Waals surface area contributed by atoms with Crippen LogP contribution in [0.3, 0.4) is 0 Å². The molecule has 1 aromatic carbocycles. The van der Waals surface area contributed by atoms with E-state index in [1.54, 1.807) is 6.07 Å². The van der Waals surface area contributed by atoms with Gasteiger partial charge in [-0.2, -0.15) is 0 Å². The molecule has 1 aromatic rings. The summed E-state index contributed by atoms with van der Waals surface area (Å²) in [5.41, 5.74) is 1.09. The Bertz CT molecular complexity index is 310. The fourth-order valence-electron chi connectivity index (χ4n) is 1.76. The van der Waals surface area contributed by atoms with E-state index in [2.05, 4.69) is 0 Å². The molecule has 0 amide bonds. The Kier molecular flexibility index (Phi) is 2.75. The number of para-hydroxylation sites is 1. The molecule has 0 bridgehead atoms. The summed E-state index contributed by atoms with van der Waals surface area (Å²) >= 11 is 0. The maximum atomic E-state index is 8.74. The van der Waals surface area contributed by atoms with Crippen LogP contribution in [0.25, 0.3) is 0 Å². The summed E-state index contributed by atoms with van der Waals surface area (Å²) in [6, 6.07) is 7.54. The van der Waals surface area contributed by atoms with Crippen LogP contribution in [0.15, 0.2) is 24.3 Å². The maximum absolute atomic E-state index is 8.74. The Morgan fingerprint density at radius 1 is 1.21 bits per heavy atom. The number of rotatable bonds is 3. The van der Waals surface area contributed by atoms with Crippen molar-refractivity contribution in [2.45, 2.75) is 25.2 Å². The van der Waals surface area contributed by atoms with E-state index in [1.807, 2.05) is 18.2 Å². The van der Waals surface area contributed by atoms with E-state index in [1.165, 1.54) is 19.3 Å². The van der Waals surface area contributed by atoms with Gasteiger partial charge in [0.15, 0.2) is 0 Å². The highest BCUT2D eigenvalue weighted by molar-refractivity contribution is 6.33. The Labute approximate surface area is 83.5 Å². The van der Waals surface area contributed by atoms with Crippen molar-refractivity contribution in [2.24, 2.45) is 0 Å². The van der Waals surface area contributed by atoms with Gasteiger partial charge < -0.3 is 14.7 Å². The van der Waals surface area contributed by atoms with Crippen LogP contribution < -0.4 is 4.65 Å². The molecular formula is C10H13BO3. The largest absolute Gasteiger partial charge is 0.707 e. The van der Waals surface area contributed by atoms with Crippen molar-refractivity contribution in [1.82, 2.24) is 0 Å². The van der Waals surface area contributed by atoms with Crippen molar-refractivity contribution >= 4 is 7.32 Å². The summed E-state index contributed by atoms with van der Waals surface area (Å²) < 4.78 is 4.91. The predicted octanol–water partition coefficient (Wildman–Crippen LogP) is 1.30. The van der Waals surface area contributed by atoms with E-state index >= 15 is 0 Å². The van der Waals surface area contributed by atoms with Crippen LogP contribution >= 0.6 is 0 Å². The Balaban J connectivity index is 2.19. The highest BCUT2D eigenvalue weighted by Crippen LogP contribution is 2.40. The van der Waals surface area contributed by atoms with Gasteiger partial charge in [-0.05, 0) is 30.4 Å². The molecule has 1 fully saturated rings. The molecule has 0 saturated heterocycles. The first-order chi connectivity index (χ1) is 6.77. The maximum Gasteiger partial charge on any atom is 0.707 e. The van der Waals surface area contributed by atoms with E-state index in [9.17, 15) is 0 Å². The van der Waals surface area contributed by atoms with Gasteiger partial charge in [0.1, 0.15) is 5.75 Å². The summed E-state index contributed by atoms with van der Waals surface area (Å²) in [5.74, 6) is 1.12. The minimum absolute atomic E-state index is 0.532. The summed E-state index contributed by atoms with van der Waals surface area (Å²) in [6.45, 7) is 0. The van der Waals surface area contributed by atoms with Crippen LogP contribution in [-0.2, 0) is 0 Å². The van der Waals surface area contributed by atoms with Gasteiger partial charge in [-0.1, -0.05) is 24.6 Å². The fourth-order valence-corrected chi connectivity index (χ4v) is 1.76. The summed E-state index contributed by atoms with van der Waals surface area (Å²) in [5, 5.41) is 17.5. The number of hydrogen-bond acceptors (Lipinski definition) is 3. The van der Waals surface area contributed by atoms with E-state index in [0.717, 1.165) is 5.56 Å². The zero-order valence-corrected chi connectivity index (χ0v) is 7.89. The average Bonchev–Trinajstić information content (AvgIpc) is 2.04. The van der Waals surface area contributed by atoms with Crippen molar-refractivity contribution < 1.29 is 14.7 Å². The van der Waals surface area contributed by atoms with Crippen molar-refractivity contribution in [3.8, 4) is 5.75 Å². The molecule has 0 spiro atoms. The third-order valence-corrected chi connectivity index (χ3v) is 2.70. The van der Waals surface area contributed by atoms with Gasteiger partial charge in [0.2, 0.25) is 0 Å². The van der Waals surface area contributed by atoms with Crippen LogP contribution in [0.4, 0.5) is 0 Å². The van der Waals surface area contributed by atoms with Crippen LogP contribution in [0.5, 0.6) is 5.75 Å². The Hall–Kier alpha value is -0.995. The Morgan fingerprint density at radius 2 is 1.93 bits per heavy atom. The second-order valence-electron chi connectivity index (χ2n) is 3.61. The molecule has 2 N–H and O–H groups in total. The average molecular weight is 192 g/mol. The third kappa shape index (κ3) is 1.91. The smallest absolute Gasteiger partial charge is 0.512 e. The molecule has 1 aliphatic rings. The molecule has 4 heteroatoms. The van der Waals surface area contributed by atoms with E-state index in [0.29, 0.717) is 11.7 Å². The molecule has 74 valence electrons. The van der Waals surface area contributed by atoms with Gasteiger partial charge in [0, 0.05) is 0 Å². The second kappa shape index (κ2) is 4.03. The van der Waals surface area contributed by atoms with Crippen LogP contribution in [0.1, 0.15) is 30.7 Å². The van der Waals surface area contributed by atoms with Gasteiger partial charge in [-0.3, -0.25) is 0 Å². The first kappa shape index (κ1) is 9.56. The van der Waals surface area contributed by atoms with Crippen LogP contribution in [0, 0.1) is 0 Å². The highest BCUT2D eigenvalue weighted by Gasteiger charge is 2.24. The molecule has 0 atom stereocenters. The molecule has 3 nitrogen and oxygen atoms in total. The van der Waals surface area contributed by atoms with E-state index < -0.39 is 7.32 Å². The summed E-state index contributed by atoms with van der Waals surface area (Å²) in [7, 11) is -1.73. The molecule has 0 unspecified atom stereocenters. The van der Waals surface area contributed by atoms with Gasteiger partial charge >= 0.3 is 7.32 Å². The standard InChI is InChI=1S/C10H13BO3/c12-11(13)14-10-7-2-1-6-9(10)8-4-3-5-8/h1-2,6-8,12-13H,3-5H2. The zero-order valence-electron chi connectivity index (χ0n) is 7.89. The Morgan fingerprint density at radius 3 is 2.50 bits per heavy atom. The molecule has 0 radical (unpaired) electrons. The summed E-state index contributed by atoms with van der Waals surface area (Å²) in [4.78, 5) is 0. The SMILES string of the molecule is OB(O)Oc1ccccc1C1CCC1. The van der Waals surface area contributed by atoms with Gasteiger partial charge in [0.25, 0.3) is 0 Å². The normalized spacial score (nSPS) is 16.1. The third-order valence-electron chi connectivity index (χ3n) is 2.70. The predicted molar refractivity (Wildman–Crippen MR) is 53.9 cm³/mol. The fraction of sp³-hybridized carbons (Fsp3) is 0.400. The molecule has 0 heterocycles. The van der Waals surface area contributed by atoms with Crippen LogP contribution in [-0.4, -0.2) is 17.4 Å². The second-order valence-corrected chi connectivity index (χ2v) is 3.61. The monoisotopic (exact) mass is 192 g/mol. The van der Waals surface area contributed by atoms with Gasteiger partial charge in [0.05, 0.1) is 0 Å². The number of benzene rings is 1. The first-order valence-corrected chi connectivity index (χ1v) is 4.89. The minimum Gasteiger partial charge on any atom is -0.512 e. The topological polar surface area (TPSA) is 49.7 Å². The molecule has 1 saturated carbocycles. The molecule has 0 aromatic heterocycles. The van der Waals surface area contributed by atoms with Gasteiger partial charge in [-0.25, -0.2) is 0 Å². The lowest BCUT2D eigenvalue weighted by molar-refractivity contribution is 0.283. The van der Waals surface area contributed by atoms with E-state index in [4.69, 9.17) is 14.7 Å². The molecular weight excluding hydrogens is 179 g/mol. The van der Waals surface area contributed by atoms with Crippen molar-refractivity contribution in [2.75, 3.05) is 0 Å². The molecule has 1 aliphatic carbocycles. The lowest BCUT2D eigenvalue weighted by atomic mass is 9.79. The first-order valence-electron chi connectivity index (χ1n) is 4.89. The van der Waals surface area contributed by atoms with Crippen molar-refractivity contribution in [1.29, 1.82) is 0 Å². The lowest BCUT2D eigenvalue weighted by Gasteiger charge is -2.27.